The van der Waals surface area contributed by atoms with Gasteiger partial charge in [-0.05, 0) is 36.1 Å². The van der Waals surface area contributed by atoms with Gasteiger partial charge in [0.05, 0.1) is 26.4 Å². The van der Waals surface area contributed by atoms with E-state index in [4.69, 9.17) is 14.2 Å². The highest BCUT2D eigenvalue weighted by atomic mass is 16.5. The maximum absolute atomic E-state index is 12.2. The van der Waals surface area contributed by atoms with Gasteiger partial charge in [0, 0.05) is 5.69 Å². The first kappa shape index (κ1) is 14.6. The van der Waals surface area contributed by atoms with Crippen molar-refractivity contribution in [2.24, 2.45) is 0 Å². The quantitative estimate of drug-likeness (QED) is 0.781. The molecule has 1 aliphatic heterocycles. The van der Waals surface area contributed by atoms with Crippen LogP contribution in [0.1, 0.15) is 11.1 Å². The second kappa shape index (κ2) is 5.81. The summed E-state index contributed by atoms with van der Waals surface area (Å²) in [5, 5.41) is 0. The van der Waals surface area contributed by atoms with Gasteiger partial charge in [0.15, 0.2) is 0 Å². The van der Waals surface area contributed by atoms with E-state index >= 15 is 0 Å². The molecule has 6 heteroatoms. The number of methoxy groups -OCH3 is 2. The van der Waals surface area contributed by atoms with E-state index in [-0.39, 0.29) is 24.6 Å². The van der Waals surface area contributed by atoms with Crippen molar-refractivity contribution in [1.29, 1.82) is 0 Å². The summed E-state index contributed by atoms with van der Waals surface area (Å²) < 4.78 is 15.0. The van der Waals surface area contributed by atoms with Gasteiger partial charge in [0.25, 0.3) is 0 Å². The van der Waals surface area contributed by atoms with E-state index in [9.17, 15) is 9.59 Å². The van der Waals surface area contributed by atoms with Crippen LogP contribution in [0.2, 0.25) is 0 Å². The number of ether oxygens (including phenoxy) is 3. The number of anilines is 1. The van der Waals surface area contributed by atoms with Gasteiger partial charge in [0.1, 0.15) is 12.4 Å². The van der Waals surface area contributed by atoms with Crippen molar-refractivity contribution in [3.63, 3.8) is 0 Å². The summed E-state index contributed by atoms with van der Waals surface area (Å²) in [5.41, 5.74) is 3.73. The zero-order chi connectivity index (χ0) is 15.7. The van der Waals surface area contributed by atoms with Gasteiger partial charge in [-0.25, -0.2) is 9.59 Å². The Balaban J connectivity index is 2.05. The van der Waals surface area contributed by atoms with E-state index in [1.807, 2.05) is 18.2 Å². The second-order valence-electron chi connectivity index (χ2n) is 5.17. The average Bonchev–Trinajstić information content (AvgIpc) is 2.54. The van der Waals surface area contributed by atoms with Crippen LogP contribution in [0.5, 0.6) is 0 Å². The summed E-state index contributed by atoms with van der Waals surface area (Å²) in [7, 11) is 2.56. The van der Waals surface area contributed by atoms with Gasteiger partial charge in [-0.3, -0.25) is 0 Å². The fourth-order valence-corrected chi connectivity index (χ4v) is 2.70. The smallest absolute Gasteiger partial charge is 0.355 e. The van der Waals surface area contributed by atoms with E-state index < -0.39 is 11.9 Å². The number of nitrogens with zero attached hydrogens (tertiary/aromatic N) is 1. The monoisotopic (exact) mass is 303 g/mol. The third kappa shape index (κ3) is 2.35. The van der Waals surface area contributed by atoms with Crippen LogP contribution in [-0.2, 0) is 36.6 Å². The number of carbonyl (C=O) groups is 2. The van der Waals surface area contributed by atoms with Crippen molar-refractivity contribution < 1.29 is 23.8 Å². The molecule has 2 aliphatic rings. The van der Waals surface area contributed by atoms with Crippen molar-refractivity contribution in [3.05, 3.63) is 40.6 Å². The maximum atomic E-state index is 12.2. The SMILES string of the molecule is COC(=O)C1=C(C(=O)OC)N(c2ccc3c(c2)CC3)COC1. The Morgan fingerprint density at radius 3 is 2.41 bits per heavy atom. The topological polar surface area (TPSA) is 65.1 Å². The standard InChI is InChI=1S/C16H17NO5/c1-20-15(18)13-8-22-9-17(14(13)16(19)21-2)12-6-5-10-3-4-11(10)7-12/h5-7H,3-4,8-9H2,1-2H3. The molecular formula is C16H17NO5. The molecule has 6 nitrogen and oxygen atoms in total. The first-order valence-electron chi connectivity index (χ1n) is 7.02. The molecule has 0 bridgehead atoms. The number of hydrogen-bond donors (Lipinski definition) is 0. The van der Waals surface area contributed by atoms with Gasteiger partial charge in [-0.15, -0.1) is 0 Å². The van der Waals surface area contributed by atoms with Gasteiger partial charge in [0.2, 0.25) is 0 Å². The molecule has 3 rings (SSSR count). The molecule has 1 aliphatic carbocycles. The molecule has 1 aromatic rings. The van der Waals surface area contributed by atoms with Crippen molar-refractivity contribution in [2.75, 3.05) is 32.5 Å². The lowest BCUT2D eigenvalue weighted by Crippen LogP contribution is -2.39. The molecule has 0 saturated carbocycles. The first-order chi connectivity index (χ1) is 10.7. The molecule has 1 heterocycles. The average molecular weight is 303 g/mol. The van der Waals surface area contributed by atoms with Crippen LogP contribution in [0, 0.1) is 0 Å². The molecule has 0 aromatic heterocycles. The zero-order valence-electron chi connectivity index (χ0n) is 12.5. The van der Waals surface area contributed by atoms with Crippen molar-refractivity contribution >= 4 is 17.6 Å². The highest BCUT2D eigenvalue weighted by molar-refractivity contribution is 6.03. The van der Waals surface area contributed by atoms with Gasteiger partial charge >= 0.3 is 11.9 Å². The lowest BCUT2D eigenvalue weighted by atomic mass is 9.88. The van der Waals surface area contributed by atoms with Gasteiger partial charge < -0.3 is 19.1 Å². The molecule has 0 atom stereocenters. The summed E-state index contributed by atoms with van der Waals surface area (Å²) in [4.78, 5) is 25.7. The second-order valence-corrected chi connectivity index (χ2v) is 5.17. The van der Waals surface area contributed by atoms with Crippen LogP contribution >= 0.6 is 0 Å². The zero-order valence-corrected chi connectivity index (χ0v) is 12.5. The van der Waals surface area contributed by atoms with Gasteiger partial charge in [-0.1, -0.05) is 6.07 Å². The Labute approximate surface area is 128 Å². The van der Waals surface area contributed by atoms with Gasteiger partial charge in [-0.2, -0.15) is 0 Å². The predicted molar refractivity (Wildman–Crippen MR) is 78.2 cm³/mol. The highest BCUT2D eigenvalue weighted by Gasteiger charge is 2.32. The van der Waals surface area contributed by atoms with Crippen molar-refractivity contribution in [2.45, 2.75) is 12.8 Å². The predicted octanol–water partition coefficient (Wildman–Crippen LogP) is 1.18. The maximum Gasteiger partial charge on any atom is 0.355 e. The molecule has 0 N–H and O–H groups in total. The molecule has 0 fully saturated rings. The molecule has 0 unspecified atom stereocenters. The Bertz CT molecular complexity index is 665. The molecule has 1 aromatic carbocycles. The van der Waals surface area contributed by atoms with Crippen molar-refractivity contribution in [1.82, 2.24) is 0 Å². The minimum Gasteiger partial charge on any atom is -0.466 e. The van der Waals surface area contributed by atoms with E-state index in [2.05, 4.69) is 0 Å². The third-order valence-electron chi connectivity index (χ3n) is 4.00. The summed E-state index contributed by atoms with van der Waals surface area (Å²) >= 11 is 0. The number of benzene rings is 1. The number of rotatable bonds is 3. The Kier molecular flexibility index (Phi) is 3.85. The fraction of sp³-hybridized carbons (Fsp3) is 0.375. The van der Waals surface area contributed by atoms with E-state index in [0.29, 0.717) is 0 Å². The van der Waals surface area contributed by atoms with Crippen molar-refractivity contribution in [3.8, 4) is 0 Å². The molecule has 0 amide bonds. The number of esters is 2. The number of aryl methyl sites for hydroxylation is 2. The van der Waals surface area contributed by atoms with Crippen LogP contribution in [0.25, 0.3) is 0 Å². The molecule has 0 radical (unpaired) electrons. The lowest BCUT2D eigenvalue weighted by Gasteiger charge is -2.32. The van der Waals surface area contributed by atoms with Crippen LogP contribution in [-0.4, -0.2) is 39.5 Å². The van der Waals surface area contributed by atoms with Crippen LogP contribution in [0.15, 0.2) is 29.5 Å². The molecule has 0 saturated heterocycles. The van der Waals surface area contributed by atoms with Crippen LogP contribution < -0.4 is 4.90 Å². The highest BCUT2D eigenvalue weighted by Crippen LogP contribution is 2.31. The molecular weight excluding hydrogens is 286 g/mol. The number of carbonyl (C=O) groups excluding carboxylic acids is 2. The summed E-state index contributed by atoms with van der Waals surface area (Å²) in [6.45, 7) is 0.211. The van der Waals surface area contributed by atoms with E-state index in [1.54, 1.807) is 4.90 Å². The Morgan fingerprint density at radius 1 is 1.09 bits per heavy atom. The number of fused-ring (bicyclic) bond motifs is 1. The minimum atomic E-state index is -0.589. The molecule has 0 spiro atoms. The largest absolute Gasteiger partial charge is 0.466 e. The normalized spacial score (nSPS) is 16.7. The van der Waals surface area contributed by atoms with E-state index in [1.165, 1.54) is 25.3 Å². The Morgan fingerprint density at radius 2 is 1.82 bits per heavy atom. The summed E-state index contributed by atoms with van der Waals surface area (Å²) in [6, 6.07) is 5.98. The lowest BCUT2D eigenvalue weighted by molar-refractivity contribution is -0.140. The first-order valence-corrected chi connectivity index (χ1v) is 7.02. The fourth-order valence-electron chi connectivity index (χ4n) is 2.70. The summed E-state index contributed by atoms with van der Waals surface area (Å²) in [6.07, 6.45) is 2.11. The van der Waals surface area contributed by atoms with Crippen LogP contribution in [0.3, 0.4) is 0 Å². The molecule has 116 valence electrons. The third-order valence-corrected chi connectivity index (χ3v) is 4.00. The number of hydrogen-bond acceptors (Lipinski definition) is 6. The van der Waals surface area contributed by atoms with Crippen LogP contribution in [0.4, 0.5) is 5.69 Å². The molecule has 22 heavy (non-hydrogen) atoms. The summed E-state index contributed by atoms with van der Waals surface area (Å²) in [5.74, 6) is -1.17. The Hall–Kier alpha value is -2.34. The van der Waals surface area contributed by atoms with E-state index in [0.717, 1.165) is 18.5 Å². The minimum absolute atomic E-state index is 0.0263.